The van der Waals surface area contributed by atoms with Crippen LogP contribution in [0.4, 0.5) is 19.0 Å². The maximum absolute atomic E-state index is 12.9. The van der Waals surface area contributed by atoms with Crippen LogP contribution in [-0.2, 0) is 12.6 Å². The van der Waals surface area contributed by atoms with E-state index in [1.165, 1.54) is 12.1 Å². The zero-order valence-corrected chi connectivity index (χ0v) is 15.1. The van der Waals surface area contributed by atoms with Crippen molar-refractivity contribution in [3.05, 3.63) is 64.8 Å². The van der Waals surface area contributed by atoms with Gasteiger partial charge in [-0.3, -0.25) is 4.79 Å². The summed E-state index contributed by atoms with van der Waals surface area (Å²) in [4.78, 5) is 14.4. The molecule has 8 heteroatoms. The number of fused-ring (bicyclic) bond motifs is 1. The SMILES string of the molecule is CN(C)c1nnc(C#N)c2ccc(C(=O)Cc3cccc(C(F)(F)F)c3)cc12. The number of nitrogens with zero attached hydrogens (tertiary/aromatic N) is 4. The number of rotatable bonds is 4. The standard InChI is InChI=1S/C20H15F3N4O/c1-27(2)19-16-10-13(6-7-15(16)17(11-24)25-26-19)18(28)9-12-4-3-5-14(8-12)20(21,22)23/h3-8,10H,9H2,1-2H3. The predicted molar refractivity (Wildman–Crippen MR) is 98.1 cm³/mol. The minimum Gasteiger partial charge on any atom is -0.361 e. The fourth-order valence-corrected chi connectivity index (χ4v) is 2.87. The summed E-state index contributed by atoms with van der Waals surface area (Å²) in [7, 11) is 3.51. The molecule has 1 heterocycles. The number of nitriles is 1. The van der Waals surface area contributed by atoms with Crippen LogP contribution in [0, 0.1) is 11.3 Å². The Kier molecular flexibility index (Phi) is 5.01. The lowest BCUT2D eigenvalue weighted by Crippen LogP contribution is -2.13. The molecule has 2 aromatic carbocycles. The molecule has 5 nitrogen and oxygen atoms in total. The summed E-state index contributed by atoms with van der Waals surface area (Å²) < 4.78 is 38.6. The summed E-state index contributed by atoms with van der Waals surface area (Å²) >= 11 is 0. The van der Waals surface area contributed by atoms with Crippen LogP contribution in [0.1, 0.15) is 27.2 Å². The van der Waals surface area contributed by atoms with E-state index in [1.807, 2.05) is 6.07 Å². The van der Waals surface area contributed by atoms with Crippen molar-refractivity contribution in [3.63, 3.8) is 0 Å². The van der Waals surface area contributed by atoms with Crippen LogP contribution in [0.3, 0.4) is 0 Å². The molecule has 28 heavy (non-hydrogen) atoms. The van der Waals surface area contributed by atoms with E-state index in [2.05, 4.69) is 10.2 Å². The molecule has 1 aromatic heterocycles. The fourth-order valence-electron chi connectivity index (χ4n) is 2.87. The number of benzene rings is 2. The second kappa shape index (κ2) is 7.27. The highest BCUT2D eigenvalue weighted by molar-refractivity contribution is 6.04. The first-order valence-corrected chi connectivity index (χ1v) is 8.28. The van der Waals surface area contributed by atoms with Crippen LogP contribution in [0.5, 0.6) is 0 Å². The van der Waals surface area contributed by atoms with Gasteiger partial charge in [-0.05, 0) is 17.7 Å². The molecule has 0 bridgehead atoms. The molecule has 0 saturated heterocycles. The molecular weight excluding hydrogens is 369 g/mol. The summed E-state index contributed by atoms with van der Waals surface area (Å²) in [5.41, 5.74) is -0.0548. The molecule has 3 rings (SSSR count). The van der Waals surface area contributed by atoms with Gasteiger partial charge in [-0.1, -0.05) is 30.3 Å². The van der Waals surface area contributed by atoms with E-state index >= 15 is 0 Å². The number of carbonyl (C=O) groups is 1. The smallest absolute Gasteiger partial charge is 0.361 e. The Balaban J connectivity index is 1.99. The third kappa shape index (κ3) is 3.78. The van der Waals surface area contributed by atoms with Gasteiger partial charge in [0.2, 0.25) is 0 Å². The normalized spacial score (nSPS) is 11.3. The largest absolute Gasteiger partial charge is 0.416 e. The molecule has 0 atom stereocenters. The van der Waals surface area contributed by atoms with Crippen molar-refractivity contribution < 1.29 is 18.0 Å². The highest BCUT2D eigenvalue weighted by Gasteiger charge is 2.30. The van der Waals surface area contributed by atoms with Crippen molar-refractivity contribution in [3.8, 4) is 6.07 Å². The van der Waals surface area contributed by atoms with E-state index < -0.39 is 11.7 Å². The molecule has 0 aliphatic heterocycles. The number of ketones is 1. The Hall–Kier alpha value is -3.47. The minimum atomic E-state index is -4.46. The Bertz CT molecular complexity index is 1100. The van der Waals surface area contributed by atoms with Crippen molar-refractivity contribution in [2.75, 3.05) is 19.0 Å². The van der Waals surface area contributed by atoms with E-state index in [9.17, 15) is 23.2 Å². The number of carbonyl (C=O) groups excluding carboxylic acids is 1. The van der Waals surface area contributed by atoms with E-state index in [0.717, 1.165) is 12.1 Å². The van der Waals surface area contributed by atoms with Gasteiger partial charge in [0, 0.05) is 36.9 Å². The van der Waals surface area contributed by atoms with Crippen molar-refractivity contribution in [1.82, 2.24) is 10.2 Å². The first-order chi connectivity index (χ1) is 13.2. The van der Waals surface area contributed by atoms with Crippen molar-refractivity contribution in [2.24, 2.45) is 0 Å². The summed E-state index contributed by atoms with van der Waals surface area (Å²) in [6, 6.07) is 11.4. The lowest BCUT2D eigenvalue weighted by Gasteiger charge is -2.14. The number of aromatic nitrogens is 2. The molecule has 0 unspecified atom stereocenters. The molecule has 142 valence electrons. The van der Waals surface area contributed by atoms with E-state index in [4.69, 9.17) is 0 Å². The van der Waals surface area contributed by atoms with E-state index in [0.29, 0.717) is 22.2 Å². The molecule has 3 aromatic rings. The molecule has 0 aliphatic rings. The molecular formula is C20H15F3N4O. The van der Waals surface area contributed by atoms with Gasteiger partial charge < -0.3 is 4.90 Å². The number of hydrogen-bond acceptors (Lipinski definition) is 5. The molecule has 0 radical (unpaired) electrons. The van der Waals surface area contributed by atoms with Crippen LogP contribution in [0.25, 0.3) is 10.8 Å². The summed E-state index contributed by atoms with van der Waals surface area (Å²) in [5, 5.41) is 18.2. The summed E-state index contributed by atoms with van der Waals surface area (Å²) in [6.45, 7) is 0. The van der Waals surface area contributed by atoms with Gasteiger partial charge in [0.25, 0.3) is 0 Å². The van der Waals surface area contributed by atoms with Gasteiger partial charge in [0.1, 0.15) is 6.07 Å². The zero-order valence-electron chi connectivity index (χ0n) is 15.1. The fraction of sp³-hybridized carbons (Fsp3) is 0.200. The Morgan fingerprint density at radius 3 is 2.50 bits per heavy atom. The second-order valence-electron chi connectivity index (χ2n) is 6.44. The Morgan fingerprint density at radius 2 is 1.86 bits per heavy atom. The molecule has 0 spiro atoms. The number of Topliss-reactive ketones (excluding diaryl/α,β-unsaturated/α-hetero) is 1. The van der Waals surface area contributed by atoms with Crippen molar-refractivity contribution in [2.45, 2.75) is 12.6 Å². The first-order valence-electron chi connectivity index (χ1n) is 8.28. The van der Waals surface area contributed by atoms with Crippen LogP contribution >= 0.6 is 0 Å². The summed E-state index contributed by atoms with van der Waals surface area (Å²) in [6.07, 6.45) is -4.63. The highest BCUT2D eigenvalue weighted by Crippen LogP contribution is 2.30. The van der Waals surface area contributed by atoms with Crippen molar-refractivity contribution >= 4 is 22.4 Å². The molecule has 0 saturated carbocycles. The van der Waals surface area contributed by atoms with Gasteiger partial charge in [-0.15, -0.1) is 10.2 Å². The first kappa shape index (κ1) is 19.3. The predicted octanol–water partition coefficient (Wildman–Crippen LogP) is 4.01. The van der Waals surface area contributed by atoms with Gasteiger partial charge in [0.05, 0.1) is 5.56 Å². The molecule has 0 N–H and O–H groups in total. The Labute approximate surface area is 159 Å². The second-order valence-corrected chi connectivity index (χ2v) is 6.44. The van der Waals surface area contributed by atoms with Gasteiger partial charge >= 0.3 is 6.18 Å². The molecule has 0 fully saturated rings. The quantitative estimate of drug-likeness (QED) is 0.636. The monoisotopic (exact) mass is 384 g/mol. The topological polar surface area (TPSA) is 69.9 Å². The van der Waals surface area contributed by atoms with Crippen LogP contribution < -0.4 is 4.90 Å². The van der Waals surface area contributed by atoms with Crippen molar-refractivity contribution in [1.29, 1.82) is 5.26 Å². The number of anilines is 1. The van der Waals surface area contributed by atoms with Crippen LogP contribution in [0.15, 0.2) is 42.5 Å². The third-order valence-electron chi connectivity index (χ3n) is 4.23. The van der Waals surface area contributed by atoms with Gasteiger partial charge in [-0.25, -0.2) is 0 Å². The van der Waals surface area contributed by atoms with Gasteiger partial charge in [0.15, 0.2) is 17.3 Å². The lowest BCUT2D eigenvalue weighted by atomic mass is 9.99. The number of alkyl halides is 3. The number of halogens is 3. The number of hydrogen-bond donors (Lipinski definition) is 0. The molecule has 0 aliphatic carbocycles. The summed E-state index contributed by atoms with van der Waals surface area (Å²) in [5.74, 6) is 0.156. The average Bonchev–Trinajstić information content (AvgIpc) is 2.66. The highest BCUT2D eigenvalue weighted by atomic mass is 19.4. The lowest BCUT2D eigenvalue weighted by molar-refractivity contribution is -0.137. The van der Waals surface area contributed by atoms with E-state index in [1.54, 1.807) is 37.2 Å². The van der Waals surface area contributed by atoms with E-state index in [-0.39, 0.29) is 23.5 Å². The van der Waals surface area contributed by atoms with Gasteiger partial charge in [-0.2, -0.15) is 18.4 Å². The minimum absolute atomic E-state index is 0.137. The van der Waals surface area contributed by atoms with Crippen LogP contribution in [-0.4, -0.2) is 30.1 Å². The Morgan fingerprint density at radius 1 is 1.11 bits per heavy atom. The maximum Gasteiger partial charge on any atom is 0.416 e. The maximum atomic E-state index is 12.9. The van der Waals surface area contributed by atoms with Crippen LogP contribution in [0.2, 0.25) is 0 Å². The average molecular weight is 384 g/mol. The zero-order chi connectivity index (χ0) is 20.5. The third-order valence-corrected chi connectivity index (χ3v) is 4.23. The molecule has 0 amide bonds.